The van der Waals surface area contributed by atoms with Gasteiger partial charge in [-0.3, -0.25) is 0 Å². The van der Waals surface area contributed by atoms with Crippen LogP contribution in [0.1, 0.15) is 42.6 Å². The summed E-state index contributed by atoms with van der Waals surface area (Å²) in [6.07, 6.45) is 0. The van der Waals surface area contributed by atoms with E-state index in [2.05, 4.69) is 0 Å². The van der Waals surface area contributed by atoms with Crippen LogP contribution in [0.5, 0.6) is 0 Å². The normalized spacial score (nSPS) is 10.5. The summed E-state index contributed by atoms with van der Waals surface area (Å²) in [5.41, 5.74) is 1.54. The molecule has 0 saturated heterocycles. The molecule has 0 heterocycles. The minimum absolute atomic E-state index is 0.253. The second-order valence-electron chi connectivity index (χ2n) is 3.61. The maximum atomic E-state index is 11.6. The van der Waals surface area contributed by atoms with E-state index >= 15 is 0 Å². The highest BCUT2D eigenvalue weighted by Crippen LogP contribution is 2.24. The highest BCUT2D eigenvalue weighted by atomic mass is 35.5. The van der Waals surface area contributed by atoms with Gasteiger partial charge in [0, 0.05) is 5.02 Å². The molecular weight excluding hydrogens is 212 g/mol. The van der Waals surface area contributed by atoms with E-state index in [9.17, 15) is 4.79 Å². The molecule has 1 aromatic carbocycles. The monoisotopic (exact) mass is 226 g/mol. The second-order valence-corrected chi connectivity index (χ2v) is 4.04. The van der Waals surface area contributed by atoms with E-state index in [4.69, 9.17) is 16.3 Å². The lowest BCUT2D eigenvalue weighted by atomic mass is 9.97. The van der Waals surface area contributed by atoms with E-state index in [1.165, 1.54) is 0 Å². The first kappa shape index (κ1) is 12.1. The lowest BCUT2D eigenvalue weighted by Crippen LogP contribution is -2.08. The molecule has 0 unspecified atom stereocenters. The van der Waals surface area contributed by atoms with Gasteiger partial charge in [-0.1, -0.05) is 25.4 Å². The van der Waals surface area contributed by atoms with E-state index in [-0.39, 0.29) is 11.9 Å². The van der Waals surface area contributed by atoms with Gasteiger partial charge in [-0.05, 0) is 36.6 Å². The minimum atomic E-state index is -0.280. The number of rotatable bonds is 3. The van der Waals surface area contributed by atoms with Crippen molar-refractivity contribution in [2.45, 2.75) is 26.7 Å². The fourth-order valence-electron chi connectivity index (χ4n) is 1.41. The Kier molecular flexibility index (Phi) is 4.15. The highest BCUT2D eigenvalue weighted by Gasteiger charge is 2.14. The van der Waals surface area contributed by atoms with Crippen molar-refractivity contribution in [3.63, 3.8) is 0 Å². The SMILES string of the molecule is CCOC(=O)c1ccc(Cl)cc1C(C)C. The lowest BCUT2D eigenvalue weighted by Gasteiger charge is -2.11. The summed E-state index contributed by atoms with van der Waals surface area (Å²) in [7, 11) is 0. The van der Waals surface area contributed by atoms with E-state index in [0.717, 1.165) is 5.56 Å². The molecule has 0 saturated carbocycles. The molecule has 0 atom stereocenters. The van der Waals surface area contributed by atoms with Crippen LogP contribution in [-0.2, 0) is 4.74 Å². The van der Waals surface area contributed by atoms with Gasteiger partial charge in [0.15, 0.2) is 0 Å². The first-order valence-electron chi connectivity index (χ1n) is 5.02. The van der Waals surface area contributed by atoms with Crippen LogP contribution < -0.4 is 0 Å². The van der Waals surface area contributed by atoms with Crippen molar-refractivity contribution in [1.29, 1.82) is 0 Å². The van der Waals surface area contributed by atoms with Gasteiger partial charge in [-0.15, -0.1) is 0 Å². The number of carbonyl (C=O) groups excluding carboxylic acids is 1. The Labute approximate surface area is 95.2 Å². The molecule has 0 fully saturated rings. The van der Waals surface area contributed by atoms with Gasteiger partial charge in [-0.25, -0.2) is 4.79 Å². The zero-order chi connectivity index (χ0) is 11.4. The molecular formula is C12H15ClO2. The van der Waals surface area contributed by atoms with Crippen LogP contribution in [0.2, 0.25) is 5.02 Å². The van der Waals surface area contributed by atoms with Gasteiger partial charge in [0.1, 0.15) is 0 Å². The molecule has 0 aliphatic heterocycles. The summed E-state index contributed by atoms with van der Waals surface area (Å²) in [5.74, 6) is -0.0269. The van der Waals surface area contributed by atoms with Crippen LogP contribution in [0.15, 0.2) is 18.2 Å². The molecule has 3 heteroatoms. The minimum Gasteiger partial charge on any atom is -0.462 e. The molecule has 0 radical (unpaired) electrons. The van der Waals surface area contributed by atoms with Crippen LogP contribution in [0, 0.1) is 0 Å². The van der Waals surface area contributed by atoms with Crippen molar-refractivity contribution in [3.8, 4) is 0 Å². The van der Waals surface area contributed by atoms with Gasteiger partial charge in [0.2, 0.25) is 0 Å². The third kappa shape index (κ3) is 2.96. The van der Waals surface area contributed by atoms with Gasteiger partial charge >= 0.3 is 5.97 Å². The quantitative estimate of drug-likeness (QED) is 0.736. The molecule has 2 nitrogen and oxygen atoms in total. The number of hydrogen-bond donors (Lipinski definition) is 0. The van der Waals surface area contributed by atoms with Gasteiger partial charge in [-0.2, -0.15) is 0 Å². The Bertz CT molecular complexity index is 359. The molecule has 0 aliphatic rings. The molecule has 0 aliphatic carbocycles. The van der Waals surface area contributed by atoms with Crippen molar-refractivity contribution < 1.29 is 9.53 Å². The van der Waals surface area contributed by atoms with E-state index in [1.807, 2.05) is 19.9 Å². The molecule has 0 bridgehead atoms. The third-order valence-electron chi connectivity index (χ3n) is 2.13. The molecule has 1 aromatic rings. The van der Waals surface area contributed by atoms with Crippen LogP contribution in [0.25, 0.3) is 0 Å². The molecule has 0 aromatic heterocycles. The topological polar surface area (TPSA) is 26.3 Å². The van der Waals surface area contributed by atoms with E-state index in [1.54, 1.807) is 19.1 Å². The number of carbonyl (C=O) groups is 1. The van der Waals surface area contributed by atoms with E-state index < -0.39 is 0 Å². The van der Waals surface area contributed by atoms with Gasteiger partial charge < -0.3 is 4.74 Å². The highest BCUT2D eigenvalue weighted by molar-refractivity contribution is 6.30. The second kappa shape index (κ2) is 5.17. The average Bonchev–Trinajstić information content (AvgIpc) is 2.17. The van der Waals surface area contributed by atoms with Crippen molar-refractivity contribution in [2.75, 3.05) is 6.61 Å². The zero-order valence-electron chi connectivity index (χ0n) is 9.21. The summed E-state index contributed by atoms with van der Waals surface area (Å²) >= 11 is 5.89. The number of benzene rings is 1. The van der Waals surface area contributed by atoms with Crippen LogP contribution >= 0.6 is 11.6 Å². The lowest BCUT2D eigenvalue weighted by molar-refractivity contribution is 0.0524. The number of ether oxygens (including phenoxy) is 1. The number of halogens is 1. The number of esters is 1. The van der Waals surface area contributed by atoms with Crippen LogP contribution in [-0.4, -0.2) is 12.6 Å². The zero-order valence-corrected chi connectivity index (χ0v) is 9.97. The first-order chi connectivity index (χ1) is 7.06. The number of hydrogen-bond acceptors (Lipinski definition) is 2. The van der Waals surface area contributed by atoms with Gasteiger partial charge in [0.05, 0.1) is 12.2 Å². The molecule has 0 N–H and O–H groups in total. The Morgan fingerprint density at radius 1 is 1.47 bits per heavy atom. The van der Waals surface area contributed by atoms with Crippen molar-refractivity contribution in [2.24, 2.45) is 0 Å². The van der Waals surface area contributed by atoms with Crippen molar-refractivity contribution in [3.05, 3.63) is 34.3 Å². The van der Waals surface area contributed by atoms with Gasteiger partial charge in [0.25, 0.3) is 0 Å². The molecule has 0 spiro atoms. The van der Waals surface area contributed by atoms with Crippen LogP contribution in [0.4, 0.5) is 0 Å². The third-order valence-corrected chi connectivity index (χ3v) is 2.37. The maximum absolute atomic E-state index is 11.6. The summed E-state index contributed by atoms with van der Waals surface area (Å²) < 4.78 is 4.98. The van der Waals surface area contributed by atoms with Crippen LogP contribution in [0.3, 0.4) is 0 Å². The molecule has 1 rings (SSSR count). The Morgan fingerprint density at radius 3 is 2.67 bits per heavy atom. The summed E-state index contributed by atoms with van der Waals surface area (Å²) in [6.45, 7) is 6.23. The predicted molar refractivity (Wildman–Crippen MR) is 61.5 cm³/mol. The molecule has 82 valence electrons. The summed E-state index contributed by atoms with van der Waals surface area (Å²) in [6, 6.07) is 5.24. The largest absolute Gasteiger partial charge is 0.462 e. The summed E-state index contributed by atoms with van der Waals surface area (Å²) in [5, 5.41) is 0.645. The van der Waals surface area contributed by atoms with Crippen molar-refractivity contribution in [1.82, 2.24) is 0 Å². The Hall–Kier alpha value is -1.02. The first-order valence-corrected chi connectivity index (χ1v) is 5.40. The molecule has 15 heavy (non-hydrogen) atoms. The fourth-order valence-corrected chi connectivity index (χ4v) is 1.59. The summed E-state index contributed by atoms with van der Waals surface area (Å²) in [4.78, 5) is 11.6. The Morgan fingerprint density at radius 2 is 2.13 bits per heavy atom. The maximum Gasteiger partial charge on any atom is 0.338 e. The molecule has 0 amide bonds. The van der Waals surface area contributed by atoms with Crippen molar-refractivity contribution >= 4 is 17.6 Å². The smallest absolute Gasteiger partial charge is 0.338 e. The van der Waals surface area contributed by atoms with E-state index in [0.29, 0.717) is 17.2 Å². The average molecular weight is 227 g/mol. The standard InChI is InChI=1S/C12H15ClO2/c1-4-15-12(14)10-6-5-9(13)7-11(10)8(2)3/h5-8H,4H2,1-3H3. The fraction of sp³-hybridized carbons (Fsp3) is 0.417. The Balaban J connectivity index is 3.11. The predicted octanol–water partition coefficient (Wildman–Crippen LogP) is 3.64.